The lowest BCUT2D eigenvalue weighted by Gasteiger charge is -2.25. The summed E-state index contributed by atoms with van der Waals surface area (Å²) < 4.78 is 6.14. The molecule has 1 aromatic carbocycles. The molecule has 28 heavy (non-hydrogen) atoms. The molecule has 4 nitrogen and oxygen atoms in total. The van der Waals surface area contributed by atoms with Crippen LogP contribution in [-0.2, 0) is 22.4 Å². The highest BCUT2D eigenvalue weighted by Gasteiger charge is 2.47. The van der Waals surface area contributed by atoms with Crippen LogP contribution < -0.4 is 0 Å². The molecule has 146 valence electrons. The minimum Gasteiger partial charge on any atom is -0.478 e. The summed E-state index contributed by atoms with van der Waals surface area (Å²) in [5.41, 5.74) is 2.53. The number of allylic oxidation sites excluding steroid dienone is 1. The lowest BCUT2D eigenvalue weighted by molar-refractivity contribution is -0.114. The summed E-state index contributed by atoms with van der Waals surface area (Å²) in [6, 6.07) is 9.11. The van der Waals surface area contributed by atoms with Crippen LogP contribution in [0.1, 0.15) is 40.7 Å². The first-order valence-corrected chi connectivity index (χ1v) is 10.7. The molecule has 0 radical (unpaired) electrons. The van der Waals surface area contributed by atoms with Crippen molar-refractivity contribution >= 4 is 23.1 Å². The Balaban J connectivity index is 1.37. The quantitative estimate of drug-likeness (QED) is 0.666. The third kappa shape index (κ3) is 4.26. The van der Waals surface area contributed by atoms with E-state index in [1.54, 1.807) is 29.5 Å². The van der Waals surface area contributed by atoms with Crippen molar-refractivity contribution in [3.8, 4) is 0 Å². The van der Waals surface area contributed by atoms with E-state index in [0.717, 1.165) is 36.8 Å². The molecule has 4 atom stereocenters. The number of thiophene rings is 1. The number of hydrogen-bond acceptors (Lipinski definition) is 4. The number of benzene rings is 1. The average molecular weight is 397 g/mol. The first-order chi connectivity index (χ1) is 13.6. The first kappa shape index (κ1) is 19.1. The molecule has 2 aliphatic rings. The fourth-order valence-corrected chi connectivity index (χ4v) is 5.14. The van der Waals surface area contributed by atoms with Crippen molar-refractivity contribution in [2.45, 2.75) is 44.3 Å². The van der Waals surface area contributed by atoms with Gasteiger partial charge in [-0.3, -0.25) is 4.79 Å². The Kier molecular flexibility index (Phi) is 5.74. The van der Waals surface area contributed by atoms with Crippen molar-refractivity contribution < 1.29 is 19.4 Å². The first-order valence-electron chi connectivity index (χ1n) is 9.80. The van der Waals surface area contributed by atoms with Crippen LogP contribution in [-0.4, -0.2) is 29.1 Å². The standard InChI is InChI=1S/C23H24O4S/c24-18(13-16-11-12-28-14-16)6-8-20-19(21-9-10-22(20)27-21)7-3-15-1-4-17(5-2-15)23(25)26/h1-2,4-6,8,11-12,14,19-22H,3,7,9-10,13H2,(H,25,26)/b8-6+/t19-,20-,21+,22-/m0/s1. The van der Waals surface area contributed by atoms with Crippen molar-refractivity contribution in [2.24, 2.45) is 11.8 Å². The van der Waals surface area contributed by atoms with Gasteiger partial charge in [-0.25, -0.2) is 4.79 Å². The lowest BCUT2D eigenvalue weighted by Crippen LogP contribution is -2.26. The smallest absolute Gasteiger partial charge is 0.335 e. The number of ether oxygens (including phenoxy) is 1. The molecule has 0 spiro atoms. The van der Waals surface area contributed by atoms with E-state index >= 15 is 0 Å². The Morgan fingerprint density at radius 1 is 1.11 bits per heavy atom. The number of carbonyl (C=O) groups excluding carboxylic acids is 1. The zero-order chi connectivity index (χ0) is 19.5. The van der Waals surface area contributed by atoms with Crippen LogP contribution in [0.2, 0.25) is 0 Å². The Labute approximate surface area is 168 Å². The maximum Gasteiger partial charge on any atom is 0.335 e. The number of aromatic carboxylic acids is 1. The third-order valence-electron chi connectivity index (χ3n) is 5.92. The molecule has 1 N–H and O–H groups in total. The fraction of sp³-hybridized carbons (Fsp3) is 0.391. The maximum atomic E-state index is 12.3. The van der Waals surface area contributed by atoms with Gasteiger partial charge in [-0.1, -0.05) is 18.2 Å². The second-order valence-electron chi connectivity index (χ2n) is 7.71. The SMILES string of the molecule is O=C(/C=C/[C@H]1[C@H](CCc2ccc(C(=O)O)cc2)[C@H]2CC[C@@H]1O2)Cc1ccsc1. The van der Waals surface area contributed by atoms with E-state index in [9.17, 15) is 9.59 Å². The molecule has 2 bridgehead atoms. The summed E-state index contributed by atoms with van der Waals surface area (Å²) in [5.74, 6) is -0.0406. The van der Waals surface area contributed by atoms with Crippen LogP contribution in [0.25, 0.3) is 0 Å². The molecule has 1 aromatic heterocycles. The van der Waals surface area contributed by atoms with Gasteiger partial charge >= 0.3 is 5.97 Å². The number of hydrogen-bond donors (Lipinski definition) is 1. The van der Waals surface area contributed by atoms with Crippen molar-refractivity contribution in [2.75, 3.05) is 0 Å². The second-order valence-corrected chi connectivity index (χ2v) is 8.49. The Morgan fingerprint density at radius 2 is 1.89 bits per heavy atom. The number of carboxylic acid groups (broad SMARTS) is 1. The number of carboxylic acids is 1. The molecule has 0 saturated carbocycles. The molecule has 5 heteroatoms. The molecule has 0 unspecified atom stereocenters. The second kappa shape index (κ2) is 8.41. The predicted molar refractivity (Wildman–Crippen MR) is 109 cm³/mol. The molecular formula is C23H24O4S. The van der Waals surface area contributed by atoms with Crippen molar-refractivity contribution in [1.82, 2.24) is 0 Å². The van der Waals surface area contributed by atoms with Crippen LogP contribution in [0.3, 0.4) is 0 Å². The molecule has 2 fully saturated rings. The minimum atomic E-state index is -0.898. The zero-order valence-electron chi connectivity index (χ0n) is 15.6. The Hall–Kier alpha value is -2.24. The van der Waals surface area contributed by atoms with E-state index in [-0.39, 0.29) is 18.0 Å². The monoisotopic (exact) mass is 396 g/mol. The van der Waals surface area contributed by atoms with Crippen molar-refractivity contribution in [3.63, 3.8) is 0 Å². The van der Waals surface area contributed by atoms with Crippen LogP contribution in [0.4, 0.5) is 0 Å². The van der Waals surface area contributed by atoms with Crippen LogP contribution >= 0.6 is 11.3 Å². The van der Waals surface area contributed by atoms with Crippen molar-refractivity contribution in [3.05, 3.63) is 69.9 Å². The number of fused-ring (bicyclic) bond motifs is 2. The summed E-state index contributed by atoms with van der Waals surface area (Å²) in [6.45, 7) is 0. The van der Waals surface area contributed by atoms with Gasteiger partial charge in [0.05, 0.1) is 17.8 Å². The number of rotatable bonds is 8. The predicted octanol–water partition coefficient (Wildman–Crippen LogP) is 4.54. The summed E-state index contributed by atoms with van der Waals surface area (Å²) in [6.07, 6.45) is 8.86. The van der Waals surface area contributed by atoms with Gasteiger partial charge in [-0.2, -0.15) is 11.3 Å². The van der Waals surface area contributed by atoms with Gasteiger partial charge in [-0.15, -0.1) is 0 Å². The number of carbonyl (C=O) groups is 2. The maximum absolute atomic E-state index is 12.3. The molecule has 4 rings (SSSR count). The molecule has 2 aromatic rings. The summed E-state index contributed by atoms with van der Waals surface area (Å²) in [4.78, 5) is 23.3. The summed E-state index contributed by atoms with van der Waals surface area (Å²) in [5, 5.41) is 13.0. The van der Waals surface area contributed by atoms with Gasteiger partial charge in [0.25, 0.3) is 0 Å². The largest absolute Gasteiger partial charge is 0.478 e. The molecule has 0 amide bonds. The highest BCUT2D eigenvalue weighted by atomic mass is 32.1. The third-order valence-corrected chi connectivity index (χ3v) is 6.65. The molecule has 2 aliphatic heterocycles. The molecule has 3 heterocycles. The molecule has 2 saturated heterocycles. The minimum absolute atomic E-state index is 0.143. The van der Waals surface area contributed by atoms with Crippen LogP contribution in [0.15, 0.2) is 53.2 Å². The van der Waals surface area contributed by atoms with E-state index in [4.69, 9.17) is 9.84 Å². The van der Waals surface area contributed by atoms with E-state index in [0.29, 0.717) is 23.8 Å². The normalized spacial score (nSPS) is 26.1. The van der Waals surface area contributed by atoms with Gasteiger partial charge in [0.15, 0.2) is 5.78 Å². The highest BCUT2D eigenvalue weighted by molar-refractivity contribution is 7.08. The van der Waals surface area contributed by atoms with Gasteiger partial charge in [0.2, 0.25) is 0 Å². The van der Waals surface area contributed by atoms with E-state index < -0.39 is 5.97 Å². The van der Waals surface area contributed by atoms with E-state index in [2.05, 4.69) is 6.08 Å². The summed E-state index contributed by atoms with van der Waals surface area (Å²) in [7, 11) is 0. The zero-order valence-corrected chi connectivity index (χ0v) is 16.4. The summed E-state index contributed by atoms with van der Waals surface area (Å²) >= 11 is 1.61. The van der Waals surface area contributed by atoms with Crippen LogP contribution in [0.5, 0.6) is 0 Å². The Bertz CT molecular complexity index is 853. The highest BCUT2D eigenvalue weighted by Crippen LogP contribution is 2.46. The van der Waals surface area contributed by atoms with E-state index in [1.165, 1.54) is 0 Å². The van der Waals surface area contributed by atoms with Gasteiger partial charge in [0, 0.05) is 12.3 Å². The fourth-order valence-electron chi connectivity index (χ4n) is 4.47. The lowest BCUT2D eigenvalue weighted by atomic mass is 9.76. The van der Waals surface area contributed by atoms with Crippen molar-refractivity contribution in [1.29, 1.82) is 0 Å². The average Bonchev–Trinajstić information content (AvgIpc) is 3.43. The Morgan fingerprint density at radius 3 is 2.61 bits per heavy atom. The topological polar surface area (TPSA) is 63.6 Å². The van der Waals surface area contributed by atoms with Gasteiger partial charge in [0.1, 0.15) is 0 Å². The number of aryl methyl sites for hydroxylation is 1. The number of ketones is 1. The van der Waals surface area contributed by atoms with E-state index in [1.807, 2.05) is 29.0 Å². The van der Waals surface area contributed by atoms with Gasteiger partial charge in [-0.05, 0) is 77.8 Å². The van der Waals surface area contributed by atoms with Crippen LogP contribution in [0, 0.1) is 11.8 Å². The molecular weight excluding hydrogens is 372 g/mol. The molecule has 0 aliphatic carbocycles. The van der Waals surface area contributed by atoms with Gasteiger partial charge < -0.3 is 9.84 Å².